The quantitative estimate of drug-likeness (QED) is 0.746. The summed E-state index contributed by atoms with van der Waals surface area (Å²) in [5.74, 6) is 0. The Hall–Kier alpha value is -1.15. The van der Waals surface area contributed by atoms with Gasteiger partial charge >= 0.3 is 0 Å². The standard InChI is InChI=1S/C13H20N2/c1-5-7-15-13(10(2)3)12-9-11(4)6-8-14-12/h6,8-9,13,15H,2,5,7H2,1,3-4H3. The van der Waals surface area contributed by atoms with E-state index in [2.05, 4.69) is 36.8 Å². The Morgan fingerprint density at radius 3 is 2.87 bits per heavy atom. The average Bonchev–Trinajstić information content (AvgIpc) is 2.18. The molecule has 1 N–H and O–H groups in total. The van der Waals surface area contributed by atoms with Crippen LogP contribution in [-0.4, -0.2) is 11.5 Å². The molecule has 0 aliphatic heterocycles. The summed E-state index contributed by atoms with van der Waals surface area (Å²) in [7, 11) is 0. The van der Waals surface area contributed by atoms with E-state index in [0.717, 1.165) is 24.2 Å². The van der Waals surface area contributed by atoms with Crippen LogP contribution in [-0.2, 0) is 0 Å². The van der Waals surface area contributed by atoms with Gasteiger partial charge in [-0.25, -0.2) is 0 Å². The third-order valence-corrected chi connectivity index (χ3v) is 2.32. The molecule has 2 heteroatoms. The lowest BCUT2D eigenvalue weighted by molar-refractivity contribution is 0.579. The van der Waals surface area contributed by atoms with Crippen molar-refractivity contribution in [2.45, 2.75) is 33.2 Å². The molecule has 2 nitrogen and oxygen atoms in total. The predicted octanol–water partition coefficient (Wildman–Crippen LogP) is 3.01. The number of hydrogen-bond acceptors (Lipinski definition) is 2. The Morgan fingerprint density at radius 1 is 1.60 bits per heavy atom. The van der Waals surface area contributed by atoms with E-state index in [1.54, 1.807) is 0 Å². The van der Waals surface area contributed by atoms with E-state index >= 15 is 0 Å². The first-order valence-electron chi connectivity index (χ1n) is 5.46. The number of aryl methyl sites for hydroxylation is 1. The molecule has 0 amide bonds. The molecular weight excluding hydrogens is 184 g/mol. The van der Waals surface area contributed by atoms with E-state index < -0.39 is 0 Å². The zero-order valence-electron chi connectivity index (χ0n) is 9.88. The first-order valence-corrected chi connectivity index (χ1v) is 5.46. The summed E-state index contributed by atoms with van der Waals surface area (Å²) in [6.07, 6.45) is 2.98. The Morgan fingerprint density at radius 2 is 2.33 bits per heavy atom. The van der Waals surface area contributed by atoms with Gasteiger partial charge in [-0.2, -0.15) is 0 Å². The van der Waals surface area contributed by atoms with Crippen molar-refractivity contribution in [2.75, 3.05) is 6.54 Å². The van der Waals surface area contributed by atoms with E-state index in [4.69, 9.17) is 0 Å². The molecule has 0 saturated carbocycles. The smallest absolute Gasteiger partial charge is 0.0705 e. The van der Waals surface area contributed by atoms with Crippen LogP contribution in [0.4, 0.5) is 0 Å². The van der Waals surface area contributed by atoms with Crippen LogP contribution in [0.25, 0.3) is 0 Å². The van der Waals surface area contributed by atoms with E-state index in [-0.39, 0.29) is 6.04 Å². The molecule has 0 aromatic carbocycles. The second-order valence-corrected chi connectivity index (χ2v) is 3.99. The number of nitrogens with zero attached hydrogens (tertiary/aromatic N) is 1. The van der Waals surface area contributed by atoms with E-state index in [1.807, 2.05) is 19.2 Å². The van der Waals surface area contributed by atoms with Crippen LogP contribution in [0.3, 0.4) is 0 Å². The fraction of sp³-hybridized carbons (Fsp3) is 0.462. The molecule has 1 aromatic heterocycles. The molecule has 0 fully saturated rings. The van der Waals surface area contributed by atoms with Gasteiger partial charge in [0.05, 0.1) is 11.7 Å². The number of pyridine rings is 1. The lowest BCUT2D eigenvalue weighted by Crippen LogP contribution is -2.23. The summed E-state index contributed by atoms with van der Waals surface area (Å²) in [5.41, 5.74) is 3.42. The van der Waals surface area contributed by atoms with Crippen LogP contribution < -0.4 is 5.32 Å². The lowest BCUT2D eigenvalue weighted by atomic mass is 10.0. The summed E-state index contributed by atoms with van der Waals surface area (Å²) in [4.78, 5) is 4.39. The molecule has 0 aliphatic carbocycles. The van der Waals surface area contributed by atoms with Gasteiger partial charge in [-0.15, -0.1) is 0 Å². The maximum atomic E-state index is 4.39. The molecule has 0 spiro atoms. The molecule has 1 aromatic rings. The van der Waals surface area contributed by atoms with Crippen LogP contribution in [0, 0.1) is 6.92 Å². The van der Waals surface area contributed by atoms with Crippen LogP contribution in [0.5, 0.6) is 0 Å². The average molecular weight is 204 g/mol. The highest BCUT2D eigenvalue weighted by Gasteiger charge is 2.12. The molecule has 0 bridgehead atoms. The first kappa shape index (κ1) is 11.9. The minimum Gasteiger partial charge on any atom is -0.305 e. The van der Waals surface area contributed by atoms with Gasteiger partial charge in [0.2, 0.25) is 0 Å². The molecule has 1 heterocycles. The van der Waals surface area contributed by atoms with E-state index in [9.17, 15) is 0 Å². The molecule has 0 saturated heterocycles. The van der Waals surface area contributed by atoms with Crippen LogP contribution in [0.15, 0.2) is 30.5 Å². The summed E-state index contributed by atoms with van der Waals surface area (Å²) >= 11 is 0. The van der Waals surface area contributed by atoms with E-state index in [0.29, 0.717) is 0 Å². The third-order valence-electron chi connectivity index (χ3n) is 2.32. The molecule has 0 aliphatic rings. The summed E-state index contributed by atoms with van der Waals surface area (Å²) < 4.78 is 0. The Kier molecular flexibility index (Phi) is 4.50. The normalized spacial score (nSPS) is 12.5. The minimum absolute atomic E-state index is 0.185. The zero-order chi connectivity index (χ0) is 11.3. The maximum absolute atomic E-state index is 4.39. The van der Waals surface area contributed by atoms with Crippen molar-refractivity contribution >= 4 is 0 Å². The SMILES string of the molecule is C=C(C)C(NCCC)c1cc(C)ccn1. The largest absolute Gasteiger partial charge is 0.305 e. The Bertz CT molecular complexity index is 331. The summed E-state index contributed by atoms with van der Waals surface area (Å²) in [6, 6.07) is 4.31. The van der Waals surface area contributed by atoms with Gasteiger partial charge in [0.15, 0.2) is 0 Å². The van der Waals surface area contributed by atoms with Gasteiger partial charge < -0.3 is 5.32 Å². The van der Waals surface area contributed by atoms with E-state index in [1.165, 1.54) is 5.56 Å². The molecular formula is C13H20N2. The highest BCUT2D eigenvalue weighted by molar-refractivity contribution is 5.23. The summed E-state index contributed by atoms with van der Waals surface area (Å²) in [5, 5.41) is 3.45. The maximum Gasteiger partial charge on any atom is 0.0705 e. The third kappa shape index (κ3) is 3.48. The fourth-order valence-electron chi connectivity index (χ4n) is 1.54. The van der Waals surface area contributed by atoms with Gasteiger partial charge in [0, 0.05) is 6.20 Å². The molecule has 82 valence electrons. The van der Waals surface area contributed by atoms with Crippen molar-refractivity contribution in [1.29, 1.82) is 0 Å². The van der Waals surface area contributed by atoms with Crippen molar-refractivity contribution < 1.29 is 0 Å². The highest BCUT2D eigenvalue weighted by atomic mass is 14.9. The van der Waals surface area contributed by atoms with Crippen molar-refractivity contribution in [3.05, 3.63) is 41.7 Å². The molecule has 1 unspecified atom stereocenters. The highest BCUT2D eigenvalue weighted by Crippen LogP contribution is 2.18. The lowest BCUT2D eigenvalue weighted by Gasteiger charge is -2.18. The minimum atomic E-state index is 0.185. The number of nitrogens with one attached hydrogen (secondary N) is 1. The van der Waals surface area contributed by atoms with Gasteiger partial charge in [0.25, 0.3) is 0 Å². The predicted molar refractivity (Wildman–Crippen MR) is 64.8 cm³/mol. The van der Waals surface area contributed by atoms with Gasteiger partial charge in [-0.1, -0.05) is 19.1 Å². The molecule has 0 radical (unpaired) electrons. The monoisotopic (exact) mass is 204 g/mol. The van der Waals surface area contributed by atoms with Crippen LogP contribution in [0.1, 0.15) is 37.6 Å². The topological polar surface area (TPSA) is 24.9 Å². The van der Waals surface area contributed by atoms with Crippen molar-refractivity contribution in [2.24, 2.45) is 0 Å². The Labute approximate surface area is 92.4 Å². The van der Waals surface area contributed by atoms with Gasteiger partial charge in [-0.05, 0) is 44.5 Å². The molecule has 1 rings (SSSR count). The van der Waals surface area contributed by atoms with Crippen molar-refractivity contribution in [3.63, 3.8) is 0 Å². The number of aromatic nitrogens is 1. The molecule has 1 atom stereocenters. The summed E-state index contributed by atoms with van der Waals surface area (Å²) in [6.45, 7) is 11.3. The zero-order valence-corrected chi connectivity index (χ0v) is 9.88. The van der Waals surface area contributed by atoms with Gasteiger partial charge in [0.1, 0.15) is 0 Å². The van der Waals surface area contributed by atoms with Crippen molar-refractivity contribution in [3.8, 4) is 0 Å². The van der Waals surface area contributed by atoms with Crippen molar-refractivity contribution in [1.82, 2.24) is 10.3 Å². The first-order chi connectivity index (χ1) is 7.15. The van der Waals surface area contributed by atoms with Crippen LogP contribution in [0.2, 0.25) is 0 Å². The number of hydrogen-bond donors (Lipinski definition) is 1. The molecule has 15 heavy (non-hydrogen) atoms. The number of rotatable bonds is 5. The van der Waals surface area contributed by atoms with Crippen LogP contribution >= 0.6 is 0 Å². The second-order valence-electron chi connectivity index (χ2n) is 3.99. The fourth-order valence-corrected chi connectivity index (χ4v) is 1.54. The second kappa shape index (κ2) is 5.66. The van der Waals surface area contributed by atoms with Gasteiger partial charge in [-0.3, -0.25) is 4.98 Å². The Balaban J connectivity index is 2.84.